The molecule has 1 saturated heterocycles. The molecule has 1 atom stereocenters. The Morgan fingerprint density at radius 2 is 1.71 bits per heavy atom. The van der Waals surface area contributed by atoms with Crippen LogP contribution in [0.5, 0.6) is 0 Å². The quantitative estimate of drug-likeness (QED) is 0.741. The number of hydrogen-bond acceptors (Lipinski definition) is 3. The summed E-state index contributed by atoms with van der Waals surface area (Å²) in [6.45, 7) is 8.44. The van der Waals surface area contributed by atoms with E-state index in [9.17, 15) is 4.79 Å². The van der Waals surface area contributed by atoms with Gasteiger partial charge in [-0.2, -0.15) is 0 Å². The Labute approximate surface area is 127 Å². The largest absolute Gasteiger partial charge is 0.304 e. The summed E-state index contributed by atoms with van der Waals surface area (Å²) < 4.78 is 0. The maximum atomic E-state index is 13.0. The van der Waals surface area contributed by atoms with Crippen molar-refractivity contribution < 1.29 is 4.79 Å². The average molecular weight is 286 g/mol. The number of benzene rings is 1. The van der Waals surface area contributed by atoms with Crippen LogP contribution in [-0.4, -0.2) is 54.9 Å². The normalized spacial score (nSPS) is 24.7. The van der Waals surface area contributed by atoms with Gasteiger partial charge in [-0.25, -0.2) is 0 Å². The van der Waals surface area contributed by atoms with Crippen LogP contribution in [0.1, 0.15) is 39.9 Å². The summed E-state index contributed by atoms with van der Waals surface area (Å²) in [6.07, 6.45) is 3.18. The minimum atomic E-state index is 0.0991. The summed E-state index contributed by atoms with van der Waals surface area (Å²) in [5.74, 6) is 0.357. The zero-order valence-electron chi connectivity index (χ0n) is 13.5. The van der Waals surface area contributed by atoms with Gasteiger partial charge in [0.05, 0.1) is 6.04 Å². The number of carbonyl (C=O) groups excluding carboxylic acids is 1. The highest BCUT2D eigenvalue weighted by molar-refractivity contribution is 6.02. The highest BCUT2D eigenvalue weighted by Crippen LogP contribution is 2.27. The van der Waals surface area contributed by atoms with Crippen molar-refractivity contribution in [1.29, 1.82) is 0 Å². The number of nitrogens with zero attached hydrogens (tertiary/aromatic N) is 2. The first-order valence-electron chi connectivity index (χ1n) is 8.13. The fraction of sp³-hybridized carbons (Fsp3) is 0.611. The highest BCUT2D eigenvalue weighted by atomic mass is 16.1. The molecule has 0 bridgehead atoms. The van der Waals surface area contributed by atoms with Gasteiger partial charge in [0, 0.05) is 31.7 Å². The second-order valence-electron chi connectivity index (χ2n) is 6.71. The van der Waals surface area contributed by atoms with Crippen molar-refractivity contribution >= 4 is 5.78 Å². The summed E-state index contributed by atoms with van der Waals surface area (Å²) in [5.41, 5.74) is 4.79. The van der Waals surface area contributed by atoms with E-state index in [0.29, 0.717) is 5.78 Å². The molecule has 2 aliphatic rings. The Morgan fingerprint density at radius 3 is 2.43 bits per heavy atom. The van der Waals surface area contributed by atoms with Crippen LogP contribution in [0, 0.1) is 13.8 Å². The van der Waals surface area contributed by atoms with Gasteiger partial charge < -0.3 is 4.90 Å². The molecule has 0 saturated carbocycles. The van der Waals surface area contributed by atoms with Crippen LogP contribution in [0.15, 0.2) is 12.1 Å². The van der Waals surface area contributed by atoms with Crippen molar-refractivity contribution in [2.24, 2.45) is 0 Å². The minimum absolute atomic E-state index is 0.0991. The Kier molecular flexibility index (Phi) is 4.14. The molecule has 0 aromatic heterocycles. The van der Waals surface area contributed by atoms with E-state index in [1.165, 1.54) is 16.7 Å². The van der Waals surface area contributed by atoms with E-state index in [0.717, 1.165) is 51.0 Å². The monoisotopic (exact) mass is 286 g/mol. The highest BCUT2D eigenvalue weighted by Gasteiger charge is 2.31. The van der Waals surface area contributed by atoms with Crippen LogP contribution < -0.4 is 0 Å². The summed E-state index contributed by atoms with van der Waals surface area (Å²) in [7, 11) is 2.16. The lowest BCUT2D eigenvalue weighted by Gasteiger charge is -2.37. The second-order valence-corrected chi connectivity index (χ2v) is 6.71. The van der Waals surface area contributed by atoms with E-state index in [4.69, 9.17) is 0 Å². The third-order valence-corrected chi connectivity index (χ3v) is 5.19. The molecule has 114 valence electrons. The van der Waals surface area contributed by atoms with Gasteiger partial charge >= 0.3 is 0 Å². The lowest BCUT2D eigenvalue weighted by molar-refractivity contribution is 0.0691. The van der Waals surface area contributed by atoms with E-state index in [1.807, 2.05) is 0 Å². The molecule has 0 spiro atoms. The molecule has 21 heavy (non-hydrogen) atoms. The number of fused-ring (bicyclic) bond motifs is 1. The standard InChI is InChI=1S/C18H26N2O/c1-13-11-15-5-4-6-17(18(21)16(15)12-14(13)2)20-9-7-19(3)8-10-20/h11-12,17H,4-10H2,1-3H3. The zero-order chi connectivity index (χ0) is 15.0. The molecule has 1 aromatic carbocycles. The van der Waals surface area contributed by atoms with Crippen LogP contribution in [0.2, 0.25) is 0 Å². The van der Waals surface area contributed by atoms with Gasteiger partial charge in [-0.15, -0.1) is 0 Å². The first kappa shape index (κ1) is 14.7. The molecule has 0 N–H and O–H groups in total. The number of carbonyl (C=O) groups is 1. The second kappa shape index (κ2) is 5.90. The van der Waals surface area contributed by atoms with Crippen LogP contribution in [-0.2, 0) is 6.42 Å². The molecule has 1 aromatic rings. The maximum Gasteiger partial charge on any atom is 0.180 e. The smallest absolute Gasteiger partial charge is 0.180 e. The van der Waals surface area contributed by atoms with Crippen molar-refractivity contribution in [2.45, 2.75) is 39.2 Å². The molecule has 0 amide bonds. The van der Waals surface area contributed by atoms with Crippen molar-refractivity contribution in [3.63, 3.8) is 0 Å². The molecule has 3 rings (SSSR count). The summed E-state index contributed by atoms with van der Waals surface area (Å²) in [4.78, 5) is 17.8. The molecule has 1 fully saturated rings. The average Bonchev–Trinajstić information content (AvgIpc) is 2.61. The number of Topliss-reactive ketones (excluding diaryl/α,β-unsaturated/α-hetero) is 1. The number of rotatable bonds is 1. The fourth-order valence-corrected chi connectivity index (χ4v) is 3.59. The molecule has 1 aliphatic heterocycles. The number of piperazine rings is 1. The van der Waals surface area contributed by atoms with Crippen molar-refractivity contribution in [1.82, 2.24) is 9.80 Å². The van der Waals surface area contributed by atoms with Crippen LogP contribution in [0.4, 0.5) is 0 Å². The van der Waals surface area contributed by atoms with Crippen LogP contribution in [0.3, 0.4) is 0 Å². The number of ketones is 1. The van der Waals surface area contributed by atoms with Crippen molar-refractivity contribution in [2.75, 3.05) is 33.2 Å². The first-order chi connectivity index (χ1) is 10.1. The van der Waals surface area contributed by atoms with Gasteiger partial charge in [0.15, 0.2) is 5.78 Å². The van der Waals surface area contributed by atoms with Gasteiger partial charge in [0.1, 0.15) is 0 Å². The maximum absolute atomic E-state index is 13.0. The predicted octanol–water partition coefficient (Wildman–Crippen LogP) is 2.44. The van der Waals surface area contributed by atoms with Gasteiger partial charge in [0.25, 0.3) is 0 Å². The molecule has 1 heterocycles. The molecular weight excluding hydrogens is 260 g/mol. The van der Waals surface area contributed by atoms with E-state index < -0.39 is 0 Å². The van der Waals surface area contributed by atoms with E-state index in [2.05, 4.69) is 42.8 Å². The topological polar surface area (TPSA) is 23.6 Å². The van der Waals surface area contributed by atoms with Crippen LogP contribution in [0.25, 0.3) is 0 Å². The van der Waals surface area contributed by atoms with Crippen molar-refractivity contribution in [3.8, 4) is 0 Å². The number of hydrogen-bond donors (Lipinski definition) is 0. The Hall–Kier alpha value is -1.19. The molecule has 3 nitrogen and oxygen atoms in total. The van der Waals surface area contributed by atoms with E-state index in [-0.39, 0.29) is 6.04 Å². The fourth-order valence-electron chi connectivity index (χ4n) is 3.59. The third kappa shape index (κ3) is 2.90. The summed E-state index contributed by atoms with van der Waals surface area (Å²) >= 11 is 0. The molecule has 3 heteroatoms. The third-order valence-electron chi connectivity index (χ3n) is 5.19. The minimum Gasteiger partial charge on any atom is -0.304 e. The summed E-state index contributed by atoms with van der Waals surface area (Å²) in [5, 5.41) is 0. The summed E-state index contributed by atoms with van der Waals surface area (Å²) in [6, 6.07) is 4.46. The number of likely N-dealkylation sites (N-methyl/N-ethyl adjacent to an activating group) is 1. The predicted molar refractivity (Wildman–Crippen MR) is 86.0 cm³/mol. The molecular formula is C18H26N2O. The van der Waals surface area contributed by atoms with E-state index in [1.54, 1.807) is 0 Å². The Morgan fingerprint density at radius 1 is 1.05 bits per heavy atom. The van der Waals surface area contributed by atoms with Crippen molar-refractivity contribution in [3.05, 3.63) is 34.4 Å². The first-order valence-corrected chi connectivity index (χ1v) is 8.13. The zero-order valence-corrected chi connectivity index (χ0v) is 13.5. The lowest BCUT2D eigenvalue weighted by atomic mass is 9.94. The molecule has 1 unspecified atom stereocenters. The Balaban J connectivity index is 1.87. The van der Waals surface area contributed by atoms with E-state index >= 15 is 0 Å². The molecule has 1 aliphatic carbocycles. The van der Waals surface area contributed by atoms with Gasteiger partial charge in [-0.1, -0.05) is 6.07 Å². The Bertz CT molecular complexity index is 544. The molecule has 0 radical (unpaired) electrons. The van der Waals surface area contributed by atoms with Gasteiger partial charge in [-0.3, -0.25) is 9.69 Å². The van der Waals surface area contributed by atoms with Gasteiger partial charge in [0.2, 0.25) is 0 Å². The van der Waals surface area contributed by atoms with Crippen LogP contribution >= 0.6 is 0 Å². The van der Waals surface area contributed by atoms with Gasteiger partial charge in [-0.05, 0) is 62.9 Å². The SMILES string of the molecule is Cc1cc2c(cc1C)C(=O)C(N1CCN(C)CC1)CCC2. The number of aryl methyl sites for hydroxylation is 3. The lowest BCUT2D eigenvalue weighted by Crippen LogP contribution is -2.51.